The molecule has 116 valence electrons. The topological polar surface area (TPSA) is 66.9 Å². The van der Waals surface area contributed by atoms with Crippen LogP contribution >= 0.6 is 15.9 Å². The second-order valence-electron chi connectivity index (χ2n) is 4.52. The van der Waals surface area contributed by atoms with Crippen LogP contribution in [-0.2, 0) is 14.8 Å². The van der Waals surface area contributed by atoms with E-state index in [4.69, 9.17) is 4.74 Å². The summed E-state index contributed by atoms with van der Waals surface area (Å²) in [7, 11) is -3.55. The Morgan fingerprint density at radius 2 is 1.86 bits per heavy atom. The van der Waals surface area contributed by atoms with E-state index in [1.54, 1.807) is 31.2 Å². The molecule has 0 bridgehead atoms. The minimum Gasteiger partial charge on any atom is -0.450 e. The van der Waals surface area contributed by atoms with Crippen molar-refractivity contribution in [2.24, 2.45) is 0 Å². The van der Waals surface area contributed by atoms with Crippen molar-refractivity contribution in [2.75, 3.05) is 32.8 Å². The van der Waals surface area contributed by atoms with Crippen molar-refractivity contribution in [3.8, 4) is 0 Å². The van der Waals surface area contributed by atoms with E-state index in [1.165, 1.54) is 9.21 Å². The second kappa shape index (κ2) is 6.76. The van der Waals surface area contributed by atoms with E-state index in [9.17, 15) is 13.2 Å². The third-order valence-corrected chi connectivity index (χ3v) is 6.13. The molecule has 1 aromatic rings. The Bertz CT molecular complexity index is 612. The molecule has 6 nitrogen and oxygen atoms in total. The zero-order valence-corrected chi connectivity index (χ0v) is 14.1. The number of carbonyl (C=O) groups is 1. The average Bonchev–Trinajstić information content (AvgIpc) is 2.48. The fourth-order valence-corrected chi connectivity index (χ4v) is 4.50. The third kappa shape index (κ3) is 3.56. The fourth-order valence-electron chi connectivity index (χ4n) is 2.12. The summed E-state index contributed by atoms with van der Waals surface area (Å²) in [6.07, 6.45) is -0.393. The van der Waals surface area contributed by atoms with Crippen LogP contribution in [-0.4, -0.2) is 56.5 Å². The van der Waals surface area contributed by atoms with Crippen molar-refractivity contribution in [1.29, 1.82) is 0 Å². The molecule has 1 saturated heterocycles. The molecule has 21 heavy (non-hydrogen) atoms. The smallest absolute Gasteiger partial charge is 0.409 e. The molecule has 0 N–H and O–H groups in total. The highest BCUT2D eigenvalue weighted by molar-refractivity contribution is 9.10. The Kier molecular flexibility index (Phi) is 5.23. The quantitative estimate of drug-likeness (QED) is 0.807. The van der Waals surface area contributed by atoms with Gasteiger partial charge in [0.05, 0.1) is 11.5 Å². The average molecular weight is 377 g/mol. The van der Waals surface area contributed by atoms with Crippen LogP contribution in [0.1, 0.15) is 6.92 Å². The second-order valence-corrected chi connectivity index (χ2v) is 7.28. The molecule has 1 amide bonds. The van der Waals surface area contributed by atoms with E-state index in [-0.39, 0.29) is 18.0 Å². The van der Waals surface area contributed by atoms with Crippen molar-refractivity contribution in [1.82, 2.24) is 9.21 Å². The molecule has 1 fully saturated rings. The third-order valence-electron chi connectivity index (χ3n) is 3.22. The summed E-state index contributed by atoms with van der Waals surface area (Å²) in [6, 6.07) is 6.72. The van der Waals surface area contributed by atoms with Gasteiger partial charge < -0.3 is 9.64 Å². The van der Waals surface area contributed by atoms with Gasteiger partial charge in [-0.3, -0.25) is 0 Å². The summed E-state index contributed by atoms with van der Waals surface area (Å²) in [5, 5.41) is 0. The number of hydrogen-bond acceptors (Lipinski definition) is 4. The highest BCUT2D eigenvalue weighted by Gasteiger charge is 2.31. The van der Waals surface area contributed by atoms with Gasteiger partial charge in [-0.15, -0.1) is 0 Å². The molecule has 1 aromatic carbocycles. The Morgan fingerprint density at radius 3 is 2.43 bits per heavy atom. The molecule has 8 heteroatoms. The molecule has 2 rings (SSSR count). The highest BCUT2D eigenvalue weighted by Crippen LogP contribution is 2.25. The first kappa shape index (κ1) is 16.3. The minimum atomic E-state index is -3.55. The van der Waals surface area contributed by atoms with Gasteiger partial charge in [0.25, 0.3) is 0 Å². The zero-order chi connectivity index (χ0) is 15.5. The lowest BCUT2D eigenvalue weighted by Crippen LogP contribution is -2.50. The summed E-state index contributed by atoms with van der Waals surface area (Å²) in [5.74, 6) is 0. The summed E-state index contributed by atoms with van der Waals surface area (Å²) >= 11 is 3.26. The predicted molar refractivity (Wildman–Crippen MR) is 81.5 cm³/mol. The molecular formula is C13H17BrN2O4S. The number of hydrogen-bond donors (Lipinski definition) is 0. The number of amides is 1. The largest absolute Gasteiger partial charge is 0.450 e. The van der Waals surface area contributed by atoms with Crippen LogP contribution in [0.5, 0.6) is 0 Å². The van der Waals surface area contributed by atoms with Crippen molar-refractivity contribution >= 4 is 32.0 Å². The van der Waals surface area contributed by atoms with Gasteiger partial charge in [0.15, 0.2) is 0 Å². The lowest BCUT2D eigenvalue weighted by molar-refractivity contribution is 0.0934. The van der Waals surface area contributed by atoms with E-state index in [1.807, 2.05) is 0 Å². The lowest BCUT2D eigenvalue weighted by Gasteiger charge is -2.33. The summed E-state index contributed by atoms with van der Waals surface area (Å²) < 4.78 is 32.0. The maximum Gasteiger partial charge on any atom is 0.409 e. The molecule has 0 spiro atoms. The van der Waals surface area contributed by atoms with Crippen LogP contribution in [0.4, 0.5) is 4.79 Å². The van der Waals surface area contributed by atoms with Gasteiger partial charge >= 0.3 is 6.09 Å². The molecule has 0 atom stereocenters. The summed E-state index contributed by atoms with van der Waals surface area (Å²) in [4.78, 5) is 13.4. The number of carbonyl (C=O) groups excluding carboxylic acids is 1. The Hall–Kier alpha value is -1.12. The summed E-state index contributed by atoms with van der Waals surface area (Å²) in [5.41, 5.74) is 0. The normalized spacial score (nSPS) is 16.8. The van der Waals surface area contributed by atoms with Crippen molar-refractivity contribution in [3.63, 3.8) is 0 Å². The Morgan fingerprint density at radius 1 is 1.24 bits per heavy atom. The van der Waals surface area contributed by atoms with Crippen LogP contribution in [0.25, 0.3) is 0 Å². The number of halogens is 1. The molecular weight excluding hydrogens is 360 g/mol. The van der Waals surface area contributed by atoms with Crippen LogP contribution in [0.3, 0.4) is 0 Å². The molecule has 1 aliphatic heterocycles. The van der Waals surface area contributed by atoms with Gasteiger partial charge in [-0.1, -0.05) is 12.1 Å². The number of benzene rings is 1. The van der Waals surface area contributed by atoms with E-state index >= 15 is 0 Å². The first-order valence-corrected chi connectivity index (χ1v) is 8.86. The van der Waals surface area contributed by atoms with E-state index in [2.05, 4.69) is 15.9 Å². The van der Waals surface area contributed by atoms with E-state index in [0.29, 0.717) is 24.2 Å². The van der Waals surface area contributed by atoms with Crippen LogP contribution in [0, 0.1) is 0 Å². The van der Waals surface area contributed by atoms with Gasteiger partial charge in [-0.05, 0) is 35.0 Å². The molecule has 0 radical (unpaired) electrons. The number of ether oxygens (including phenoxy) is 1. The molecule has 1 heterocycles. The van der Waals surface area contributed by atoms with Crippen LogP contribution < -0.4 is 0 Å². The standard InChI is InChI=1S/C13H17BrN2O4S/c1-2-20-13(17)15-7-9-16(10-8-15)21(18,19)12-6-4-3-5-11(12)14/h3-6H,2,7-10H2,1H3. The predicted octanol–water partition coefficient (Wildman–Crippen LogP) is 1.91. The maximum atomic E-state index is 12.6. The first-order chi connectivity index (χ1) is 9.96. The number of rotatable bonds is 3. The molecule has 0 aliphatic carbocycles. The maximum absolute atomic E-state index is 12.6. The van der Waals surface area contributed by atoms with Gasteiger partial charge in [0.2, 0.25) is 10.0 Å². The Balaban J connectivity index is 2.08. The van der Waals surface area contributed by atoms with Crippen molar-refractivity contribution in [2.45, 2.75) is 11.8 Å². The van der Waals surface area contributed by atoms with E-state index in [0.717, 1.165) is 0 Å². The monoisotopic (exact) mass is 376 g/mol. The highest BCUT2D eigenvalue weighted by atomic mass is 79.9. The SMILES string of the molecule is CCOC(=O)N1CCN(S(=O)(=O)c2ccccc2Br)CC1. The minimum absolute atomic E-state index is 0.245. The summed E-state index contributed by atoms with van der Waals surface area (Å²) in [6.45, 7) is 3.26. The lowest BCUT2D eigenvalue weighted by atomic mass is 10.4. The van der Waals surface area contributed by atoms with Gasteiger partial charge in [-0.25, -0.2) is 13.2 Å². The van der Waals surface area contributed by atoms with Crippen LogP contribution in [0.15, 0.2) is 33.6 Å². The molecule has 0 unspecified atom stereocenters. The number of sulfonamides is 1. The first-order valence-electron chi connectivity index (χ1n) is 6.63. The van der Waals surface area contributed by atoms with Gasteiger partial charge in [0, 0.05) is 30.7 Å². The van der Waals surface area contributed by atoms with E-state index < -0.39 is 16.1 Å². The number of nitrogens with zero attached hydrogens (tertiary/aromatic N) is 2. The van der Waals surface area contributed by atoms with Crippen molar-refractivity contribution in [3.05, 3.63) is 28.7 Å². The molecule has 0 saturated carbocycles. The van der Waals surface area contributed by atoms with Gasteiger partial charge in [0.1, 0.15) is 0 Å². The molecule has 0 aromatic heterocycles. The fraction of sp³-hybridized carbons (Fsp3) is 0.462. The zero-order valence-electron chi connectivity index (χ0n) is 11.7. The van der Waals surface area contributed by atoms with Crippen molar-refractivity contribution < 1.29 is 17.9 Å². The van der Waals surface area contributed by atoms with Crippen LogP contribution in [0.2, 0.25) is 0 Å². The Labute approximate surface area is 132 Å². The molecule has 1 aliphatic rings. The number of piperazine rings is 1. The van der Waals surface area contributed by atoms with Gasteiger partial charge in [-0.2, -0.15) is 4.31 Å².